The molecule has 1 aromatic heterocycles. The van der Waals surface area contributed by atoms with Crippen molar-refractivity contribution in [2.75, 3.05) is 24.4 Å². The van der Waals surface area contributed by atoms with Gasteiger partial charge in [-0.15, -0.1) is 0 Å². The van der Waals surface area contributed by atoms with E-state index in [9.17, 15) is 31.9 Å². The number of imide groups is 1. The minimum Gasteiger partial charge on any atom is -0.493 e. The maximum Gasteiger partial charge on any atom is 0.413 e. The van der Waals surface area contributed by atoms with Gasteiger partial charge in [0.05, 0.1) is 36.6 Å². The number of methoxy groups -OCH3 is 1. The Morgan fingerprint density at radius 1 is 1.23 bits per heavy atom. The van der Waals surface area contributed by atoms with Gasteiger partial charge in [-0.1, -0.05) is 0 Å². The van der Waals surface area contributed by atoms with Gasteiger partial charge in [0.2, 0.25) is 11.7 Å². The van der Waals surface area contributed by atoms with Gasteiger partial charge < -0.3 is 19.9 Å². The Morgan fingerprint density at radius 3 is 2.51 bits per heavy atom. The summed E-state index contributed by atoms with van der Waals surface area (Å²) in [4.78, 5) is 41.5. The highest BCUT2D eigenvalue weighted by atomic mass is 19.4. The highest BCUT2D eigenvalue weighted by Gasteiger charge is 2.46. The SMILES string of the molecule is CCOC(=O)c1nccc(OC)c1Oc1cc(N2C(=O)C=C(C(F)(F)F)C(C)C2=O)c(F)cc1N. The van der Waals surface area contributed by atoms with Crippen LogP contribution in [0.3, 0.4) is 0 Å². The standard InChI is InChI=1S/C22H19F4N3O6/c1-4-34-21(32)18-19(15(33-3)5-6-28-18)35-16-9-14(12(23)8-13(16)27)29-17(30)7-11(22(24,25)26)10(2)20(29)31/h5-10H,4,27H2,1-3H3. The van der Waals surface area contributed by atoms with Crippen molar-refractivity contribution in [2.24, 2.45) is 5.92 Å². The molecule has 0 spiro atoms. The molecule has 186 valence electrons. The Balaban J connectivity index is 2.10. The number of hydrogen-bond donors (Lipinski definition) is 1. The van der Waals surface area contributed by atoms with E-state index in [1.807, 2.05) is 0 Å². The number of hydrogen-bond acceptors (Lipinski definition) is 8. The number of halogens is 4. The third-order valence-electron chi connectivity index (χ3n) is 4.97. The quantitative estimate of drug-likeness (QED) is 0.277. The van der Waals surface area contributed by atoms with Crippen LogP contribution in [0, 0.1) is 11.7 Å². The third-order valence-corrected chi connectivity index (χ3v) is 4.97. The molecule has 2 N–H and O–H groups in total. The number of nitrogen functional groups attached to an aromatic ring is 1. The number of pyridine rings is 1. The molecule has 13 heteroatoms. The lowest BCUT2D eigenvalue weighted by Crippen LogP contribution is -2.46. The molecule has 0 fully saturated rings. The zero-order chi connectivity index (χ0) is 26.1. The summed E-state index contributed by atoms with van der Waals surface area (Å²) in [6, 6.07) is 2.91. The first-order valence-electron chi connectivity index (χ1n) is 10.0. The first-order chi connectivity index (χ1) is 16.4. The number of anilines is 2. The number of benzene rings is 1. The van der Waals surface area contributed by atoms with Crippen LogP contribution in [0.1, 0.15) is 24.3 Å². The number of nitrogens with zero attached hydrogens (tertiary/aromatic N) is 2. The Kier molecular flexibility index (Phi) is 6.99. The minimum absolute atomic E-state index is 0.0184. The van der Waals surface area contributed by atoms with Gasteiger partial charge in [0.25, 0.3) is 5.91 Å². The van der Waals surface area contributed by atoms with Gasteiger partial charge in [-0.3, -0.25) is 9.59 Å². The average molecular weight is 497 g/mol. The van der Waals surface area contributed by atoms with E-state index in [1.54, 1.807) is 6.92 Å². The highest BCUT2D eigenvalue weighted by molar-refractivity contribution is 6.22. The topological polar surface area (TPSA) is 121 Å². The molecule has 1 aliphatic heterocycles. The summed E-state index contributed by atoms with van der Waals surface area (Å²) in [7, 11) is 1.27. The number of carbonyl (C=O) groups excluding carboxylic acids is 3. The van der Waals surface area contributed by atoms with Crippen molar-refractivity contribution in [1.29, 1.82) is 0 Å². The van der Waals surface area contributed by atoms with Crippen molar-refractivity contribution in [3.05, 3.63) is 47.6 Å². The summed E-state index contributed by atoms with van der Waals surface area (Å²) >= 11 is 0. The summed E-state index contributed by atoms with van der Waals surface area (Å²) in [6.45, 7) is 2.53. The van der Waals surface area contributed by atoms with Crippen LogP contribution in [0.15, 0.2) is 36.0 Å². The zero-order valence-electron chi connectivity index (χ0n) is 18.6. The maximum atomic E-state index is 14.8. The van der Waals surface area contributed by atoms with Gasteiger partial charge in [-0.2, -0.15) is 13.2 Å². The Hall–Kier alpha value is -4.16. The molecule has 1 aromatic carbocycles. The molecular weight excluding hydrogens is 478 g/mol. The average Bonchev–Trinajstić information content (AvgIpc) is 2.78. The van der Waals surface area contributed by atoms with E-state index < -0.39 is 47.0 Å². The lowest BCUT2D eigenvalue weighted by molar-refractivity contribution is -0.134. The monoisotopic (exact) mass is 497 g/mol. The van der Waals surface area contributed by atoms with Crippen molar-refractivity contribution in [3.63, 3.8) is 0 Å². The fraction of sp³-hybridized carbons (Fsp3) is 0.273. The molecule has 0 bridgehead atoms. The first-order valence-corrected chi connectivity index (χ1v) is 10.0. The number of carbonyl (C=O) groups is 3. The molecule has 0 radical (unpaired) electrons. The molecular formula is C22H19F4N3O6. The van der Waals surface area contributed by atoms with Crippen LogP contribution < -0.4 is 20.1 Å². The van der Waals surface area contributed by atoms with Crippen molar-refractivity contribution in [3.8, 4) is 17.2 Å². The molecule has 35 heavy (non-hydrogen) atoms. The molecule has 2 amide bonds. The fourth-order valence-corrected chi connectivity index (χ4v) is 3.29. The van der Waals surface area contributed by atoms with Crippen LogP contribution in [-0.2, 0) is 14.3 Å². The van der Waals surface area contributed by atoms with Crippen molar-refractivity contribution < 1.29 is 46.2 Å². The molecule has 3 rings (SSSR count). The highest BCUT2D eigenvalue weighted by Crippen LogP contribution is 2.41. The summed E-state index contributed by atoms with van der Waals surface area (Å²) < 4.78 is 70.1. The first kappa shape index (κ1) is 25.5. The minimum atomic E-state index is -4.93. The van der Waals surface area contributed by atoms with Gasteiger partial charge in [0, 0.05) is 30.5 Å². The van der Waals surface area contributed by atoms with Gasteiger partial charge >= 0.3 is 12.1 Å². The van der Waals surface area contributed by atoms with Crippen molar-refractivity contribution in [1.82, 2.24) is 4.98 Å². The van der Waals surface area contributed by atoms with E-state index in [2.05, 4.69) is 4.98 Å². The molecule has 0 saturated carbocycles. The fourth-order valence-electron chi connectivity index (χ4n) is 3.29. The van der Waals surface area contributed by atoms with E-state index in [-0.39, 0.29) is 46.2 Å². The van der Waals surface area contributed by atoms with Gasteiger partial charge in [-0.25, -0.2) is 19.1 Å². The number of ether oxygens (including phenoxy) is 3. The lowest BCUT2D eigenvalue weighted by atomic mass is 9.94. The summed E-state index contributed by atoms with van der Waals surface area (Å²) in [6.07, 6.45) is -3.45. The smallest absolute Gasteiger partial charge is 0.413 e. The molecule has 1 aliphatic rings. The second-order valence-electron chi connectivity index (χ2n) is 7.19. The molecule has 2 aromatic rings. The zero-order valence-corrected chi connectivity index (χ0v) is 18.6. The van der Waals surface area contributed by atoms with Crippen LogP contribution >= 0.6 is 0 Å². The lowest BCUT2D eigenvalue weighted by Gasteiger charge is -2.30. The second kappa shape index (κ2) is 9.60. The molecule has 1 atom stereocenters. The van der Waals surface area contributed by atoms with E-state index in [4.69, 9.17) is 19.9 Å². The summed E-state index contributed by atoms with van der Waals surface area (Å²) in [5.74, 6) is -7.10. The largest absolute Gasteiger partial charge is 0.493 e. The normalized spacial score (nSPS) is 16.1. The predicted molar refractivity (Wildman–Crippen MR) is 113 cm³/mol. The van der Waals surface area contributed by atoms with E-state index >= 15 is 0 Å². The molecule has 0 saturated heterocycles. The van der Waals surface area contributed by atoms with E-state index in [0.29, 0.717) is 6.07 Å². The summed E-state index contributed by atoms with van der Waals surface area (Å²) in [5, 5.41) is 0. The van der Waals surface area contributed by atoms with Crippen LogP contribution in [0.2, 0.25) is 0 Å². The van der Waals surface area contributed by atoms with Gasteiger partial charge in [0.15, 0.2) is 17.2 Å². The summed E-state index contributed by atoms with van der Waals surface area (Å²) in [5.41, 5.74) is 3.15. The Morgan fingerprint density at radius 2 is 1.91 bits per heavy atom. The molecule has 9 nitrogen and oxygen atoms in total. The third kappa shape index (κ3) is 4.88. The van der Waals surface area contributed by atoms with E-state index in [1.165, 1.54) is 19.4 Å². The van der Waals surface area contributed by atoms with Crippen molar-refractivity contribution in [2.45, 2.75) is 20.0 Å². The second-order valence-corrected chi connectivity index (χ2v) is 7.19. The maximum absolute atomic E-state index is 14.8. The molecule has 0 aliphatic carbocycles. The predicted octanol–water partition coefficient (Wildman–Crippen LogP) is 3.78. The number of alkyl halides is 3. The molecule has 1 unspecified atom stereocenters. The number of amides is 2. The van der Waals surface area contributed by atoms with E-state index in [0.717, 1.165) is 13.0 Å². The number of nitrogens with two attached hydrogens (primary N) is 1. The van der Waals surface area contributed by atoms with Crippen LogP contribution in [-0.4, -0.2) is 42.7 Å². The van der Waals surface area contributed by atoms with Crippen LogP contribution in [0.5, 0.6) is 17.2 Å². The number of esters is 1. The van der Waals surface area contributed by atoms with Crippen LogP contribution in [0.4, 0.5) is 28.9 Å². The van der Waals surface area contributed by atoms with Gasteiger partial charge in [0.1, 0.15) is 5.82 Å². The Labute approximate surface area is 196 Å². The van der Waals surface area contributed by atoms with Crippen LogP contribution in [0.25, 0.3) is 0 Å². The number of rotatable bonds is 6. The molecule has 2 heterocycles. The number of aromatic nitrogens is 1. The van der Waals surface area contributed by atoms with Crippen molar-refractivity contribution >= 4 is 29.2 Å². The Bertz CT molecular complexity index is 1230. The van der Waals surface area contributed by atoms with Gasteiger partial charge in [-0.05, 0) is 13.8 Å².